The van der Waals surface area contributed by atoms with Gasteiger partial charge in [0.15, 0.2) is 0 Å². The van der Waals surface area contributed by atoms with Crippen LogP contribution in [0.25, 0.3) is 11.7 Å². The SMILES string of the molecule is O=C1/C(=C/c2c(NC[C@H](O)c3ccccc3)nc3ccccn3c2=O)SC(=S)N1C1CCCCC1. The topological polar surface area (TPSA) is 86.9 Å². The van der Waals surface area contributed by atoms with E-state index >= 15 is 0 Å². The van der Waals surface area contributed by atoms with Crippen LogP contribution in [-0.2, 0) is 4.79 Å². The summed E-state index contributed by atoms with van der Waals surface area (Å²) in [6, 6.07) is 14.7. The summed E-state index contributed by atoms with van der Waals surface area (Å²) < 4.78 is 1.99. The van der Waals surface area contributed by atoms with Gasteiger partial charge >= 0.3 is 0 Å². The first-order valence-electron chi connectivity index (χ1n) is 11.8. The minimum Gasteiger partial charge on any atom is -0.387 e. The molecule has 5 rings (SSSR count). The van der Waals surface area contributed by atoms with Crippen molar-refractivity contribution in [2.75, 3.05) is 11.9 Å². The summed E-state index contributed by atoms with van der Waals surface area (Å²) in [4.78, 5) is 33.5. The number of benzene rings is 1. The number of nitrogens with one attached hydrogen (secondary N) is 1. The van der Waals surface area contributed by atoms with Crippen LogP contribution in [0.15, 0.2) is 64.4 Å². The molecule has 1 aromatic carbocycles. The highest BCUT2D eigenvalue weighted by Gasteiger charge is 2.37. The molecule has 0 unspecified atom stereocenters. The smallest absolute Gasteiger partial charge is 0.267 e. The van der Waals surface area contributed by atoms with Crippen molar-refractivity contribution in [1.29, 1.82) is 0 Å². The van der Waals surface area contributed by atoms with E-state index in [-0.39, 0.29) is 29.6 Å². The molecule has 7 nitrogen and oxygen atoms in total. The van der Waals surface area contributed by atoms with Gasteiger partial charge in [-0.3, -0.25) is 18.9 Å². The molecule has 1 atom stereocenters. The number of fused-ring (bicyclic) bond motifs is 1. The van der Waals surface area contributed by atoms with Crippen molar-refractivity contribution in [2.24, 2.45) is 0 Å². The fourth-order valence-electron chi connectivity index (χ4n) is 4.62. The maximum atomic E-state index is 13.4. The third-order valence-electron chi connectivity index (χ3n) is 6.46. The Hall–Kier alpha value is -3.01. The number of hydrogen-bond acceptors (Lipinski definition) is 7. The summed E-state index contributed by atoms with van der Waals surface area (Å²) in [5.74, 6) is 0.166. The summed E-state index contributed by atoms with van der Waals surface area (Å²) in [7, 11) is 0. The second-order valence-electron chi connectivity index (χ2n) is 8.76. The van der Waals surface area contributed by atoms with Crippen LogP contribution in [-0.4, -0.2) is 42.2 Å². The lowest BCUT2D eigenvalue weighted by Gasteiger charge is -2.29. The van der Waals surface area contributed by atoms with Gasteiger partial charge in [-0.25, -0.2) is 4.98 Å². The molecule has 1 aliphatic carbocycles. The van der Waals surface area contributed by atoms with E-state index in [2.05, 4.69) is 10.3 Å². The third-order valence-corrected chi connectivity index (χ3v) is 7.79. The van der Waals surface area contributed by atoms with E-state index in [9.17, 15) is 14.7 Å². The molecule has 1 aliphatic heterocycles. The molecule has 0 bridgehead atoms. The Morgan fingerprint density at radius 1 is 1.11 bits per heavy atom. The van der Waals surface area contributed by atoms with Crippen LogP contribution < -0.4 is 10.9 Å². The molecule has 3 heterocycles. The number of pyridine rings is 1. The number of nitrogens with zero attached hydrogens (tertiary/aromatic N) is 3. The molecule has 2 fully saturated rings. The first-order valence-corrected chi connectivity index (χ1v) is 13.0. The first kappa shape index (κ1) is 23.7. The van der Waals surface area contributed by atoms with E-state index in [0.29, 0.717) is 20.7 Å². The largest absolute Gasteiger partial charge is 0.387 e. The maximum Gasteiger partial charge on any atom is 0.267 e. The summed E-state index contributed by atoms with van der Waals surface area (Å²) in [6.45, 7) is 0.156. The molecule has 35 heavy (non-hydrogen) atoms. The highest BCUT2D eigenvalue weighted by Crippen LogP contribution is 2.37. The minimum atomic E-state index is -0.787. The van der Waals surface area contributed by atoms with Crippen molar-refractivity contribution in [3.05, 3.63) is 81.1 Å². The fourth-order valence-corrected chi connectivity index (χ4v) is 6.00. The van der Waals surface area contributed by atoms with Gasteiger partial charge in [0.05, 0.1) is 16.6 Å². The third kappa shape index (κ3) is 4.89. The maximum absolute atomic E-state index is 13.4. The zero-order valence-electron chi connectivity index (χ0n) is 19.1. The average Bonchev–Trinajstić information content (AvgIpc) is 3.17. The van der Waals surface area contributed by atoms with Gasteiger partial charge in [-0.05, 0) is 36.6 Å². The second-order valence-corrected chi connectivity index (χ2v) is 10.4. The standard InChI is InChI=1S/C26H26N4O3S2/c31-20(17-9-3-1-4-10-17)16-27-23-19(24(32)29-14-8-7-13-22(29)28-23)15-21-25(33)30(26(34)35-21)18-11-5-2-6-12-18/h1,3-4,7-10,13-15,18,20,27,31H,2,5-6,11-12,16H2/b21-15-/t20-/m0/s1. The number of hydrogen-bond donors (Lipinski definition) is 2. The van der Waals surface area contributed by atoms with Gasteiger partial charge in [-0.1, -0.05) is 79.6 Å². The van der Waals surface area contributed by atoms with Gasteiger partial charge in [0, 0.05) is 18.8 Å². The summed E-state index contributed by atoms with van der Waals surface area (Å²) >= 11 is 6.78. The van der Waals surface area contributed by atoms with E-state index in [1.807, 2.05) is 30.3 Å². The van der Waals surface area contributed by atoms with Crippen LogP contribution in [0.3, 0.4) is 0 Å². The fraction of sp³-hybridized carbons (Fsp3) is 0.308. The van der Waals surface area contributed by atoms with Crippen molar-refractivity contribution in [3.63, 3.8) is 0 Å². The molecule has 0 radical (unpaired) electrons. The van der Waals surface area contributed by atoms with Crippen molar-refractivity contribution in [3.8, 4) is 0 Å². The molecular weight excluding hydrogens is 480 g/mol. The first-order chi connectivity index (χ1) is 17.0. The van der Waals surface area contributed by atoms with E-state index in [1.54, 1.807) is 35.4 Å². The molecule has 0 spiro atoms. The number of amides is 1. The zero-order valence-corrected chi connectivity index (χ0v) is 20.7. The lowest BCUT2D eigenvalue weighted by atomic mass is 9.94. The lowest BCUT2D eigenvalue weighted by molar-refractivity contribution is -0.124. The molecule has 1 saturated carbocycles. The van der Waals surface area contributed by atoms with Crippen LogP contribution in [0.5, 0.6) is 0 Å². The molecular formula is C26H26N4O3S2. The Labute approximate surface area is 212 Å². The van der Waals surface area contributed by atoms with Crippen LogP contribution in [0.2, 0.25) is 0 Å². The number of carbonyl (C=O) groups excluding carboxylic acids is 1. The van der Waals surface area contributed by atoms with Crippen molar-refractivity contribution in [1.82, 2.24) is 14.3 Å². The Bertz CT molecular complexity index is 1350. The van der Waals surface area contributed by atoms with Crippen molar-refractivity contribution in [2.45, 2.75) is 44.2 Å². The van der Waals surface area contributed by atoms with Gasteiger partial charge < -0.3 is 10.4 Å². The Kier molecular flexibility index (Phi) is 6.99. The van der Waals surface area contributed by atoms with E-state index < -0.39 is 6.10 Å². The van der Waals surface area contributed by atoms with Crippen LogP contribution >= 0.6 is 24.0 Å². The number of anilines is 1. The quantitative estimate of drug-likeness (QED) is 0.379. The molecule has 2 aliphatic rings. The van der Waals surface area contributed by atoms with Gasteiger partial charge in [0.25, 0.3) is 11.5 Å². The average molecular weight is 507 g/mol. The normalized spacial score (nSPS) is 19.0. The summed E-state index contributed by atoms with van der Waals surface area (Å²) in [5.41, 5.74) is 1.20. The van der Waals surface area contributed by atoms with Crippen molar-refractivity contribution >= 4 is 51.7 Å². The molecule has 180 valence electrons. The highest BCUT2D eigenvalue weighted by molar-refractivity contribution is 8.26. The molecule has 3 aromatic rings. The number of aliphatic hydroxyl groups excluding tert-OH is 1. The van der Waals surface area contributed by atoms with E-state index in [0.717, 1.165) is 31.2 Å². The molecule has 1 saturated heterocycles. The van der Waals surface area contributed by atoms with Gasteiger partial charge in [-0.2, -0.15) is 0 Å². The molecule has 2 N–H and O–H groups in total. The Balaban J connectivity index is 1.49. The van der Waals surface area contributed by atoms with Crippen molar-refractivity contribution < 1.29 is 9.90 Å². The number of thioether (sulfide) groups is 1. The van der Waals surface area contributed by atoms with Crippen LogP contribution in [0.1, 0.15) is 49.3 Å². The lowest BCUT2D eigenvalue weighted by Crippen LogP contribution is -2.39. The zero-order chi connectivity index (χ0) is 24.4. The van der Waals surface area contributed by atoms with Crippen LogP contribution in [0, 0.1) is 0 Å². The molecule has 9 heteroatoms. The van der Waals surface area contributed by atoms with Gasteiger partial charge in [0.1, 0.15) is 15.8 Å². The number of rotatable bonds is 6. The van der Waals surface area contributed by atoms with E-state index in [4.69, 9.17) is 12.2 Å². The molecule has 2 aromatic heterocycles. The van der Waals surface area contributed by atoms with Gasteiger partial charge in [0.2, 0.25) is 0 Å². The number of carbonyl (C=O) groups is 1. The van der Waals surface area contributed by atoms with E-state index in [1.165, 1.54) is 22.6 Å². The summed E-state index contributed by atoms with van der Waals surface area (Å²) in [5, 5.41) is 13.8. The minimum absolute atomic E-state index is 0.122. The molecule has 1 amide bonds. The summed E-state index contributed by atoms with van der Waals surface area (Å²) in [6.07, 6.45) is 7.72. The number of aromatic nitrogens is 2. The second kappa shape index (κ2) is 10.3. The Morgan fingerprint density at radius 2 is 1.86 bits per heavy atom. The van der Waals surface area contributed by atoms with Gasteiger partial charge in [-0.15, -0.1) is 0 Å². The predicted octanol–water partition coefficient (Wildman–Crippen LogP) is 4.37. The number of thiocarbonyl (C=S) groups is 1. The monoisotopic (exact) mass is 506 g/mol. The predicted molar refractivity (Wildman–Crippen MR) is 143 cm³/mol. The number of aliphatic hydroxyl groups is 1. The Morgan fingerprint density at radius 3 is 2.63 bits per heavy atom. The highest BCUT2D eigenvalue weighted by atomic mass is 32.2. The van der Waals surface area contributed by atoms with Crippen LogP contribution in [0.4, 0.5) is 5.82 Å².